The van der Waals surface area contributed by atoms with Crippen LogP contribution >= 0.6 is 11.8 Å². The molecule has 0 fully saturated rings. The predicted molar refractivity (Wildman–Crippen MR) is 105 cm³/mol. The molecule has 0 saturated carbocycles. The van der Waals surface area contributed by atoms with Crippen LogP contribution < -0.4 is 0 Å². The number of aromatic nitrogens is 2. The average molecular weight is 420 g/mol. The molecule has 1 aliphatic rings. The highest BCUT2D eigenvalue weighted by Crippen LogP contribution is 2.25. The molecule has 154 valence electrons. The number of benzene rings is 1. The van der Waals surface area contributed by atoms with Gasteiger partial charge in [-0.1, -0.05) is 12.1 Å². The average Bonchev–Trinajstić information content (AvgIpc) is 3.12. The van der Waals surface area contributed by atoms with Crippen molar-refractivity contribution in [3.05, 3.63) is 51.8 Å². The normalized spacial score (nSPS) is 12.9. The van der Waals surface area contributed by atoms with Crippen molar-refractivity contribution in [1.82, 2.24) is 9.97 Å². The summed E-state index contributed by atoms with van der Waals surface area (Å²) in [6, 6.07) is 5.64. The molecule has 1 heterocycles. The Labute approximate surface area is 172 Å². The van der Waals surface area contributed by atoms with Crippen LogP contribution in [-0.2, 0) is 28.8 Å². The fourth-order valence-electron chi connectivity index (χ4n) is 3.48. The molecule has 0 bridgehead atoms. The molecule has 8 heteroatoms. The summed E-state index contributed by atoms with van der Waals surface area (Å²) in [7, 11) is 0. The number of carbonyl (C=O) groups is 2. The predicted octanol–water partition coefficient (Wildman–Crippen LogP) is 4.26. The Kier molecular flexibility index (Phi) is 6.95. The lowest BCUT2D eigenvalue weighted by Gasteiger charge is -2.10. The molecular formula is C21H22F2N2O3S. The number of carbonyl (C=O) groups excluding carboxylic acids is 2. The van der Waals surface area contributed by atoms with Crippen molar-refractivity contribution in [2.45, 2.75) is 56.9 Å². The molecule has 5 nitrogen and oxygen atoms in total. The van der Waals surface area contributed by atoms with Crippen molar-refractivity contribution in [3.63, 3.8) is 0 Å². The highest BCUT2D eigenvalue weighted by Gasteiger charge is 2.17. The minimum absolute atomic E-state index is 0.0151. The van der Waals surface area contributed by atoms with Crippen molar-refractivity contribution in [3.8, 4) is 0 Å². The van der Waals surface area contributed by atoms with E-state index in [-0.39, 0.29) is 24.0 Å². The molecule has 0 radical (unpaired) electrons. The van der Waals surface area contributed by atoms with Gasteiger partial charge in [-0.05, 0) is 74.0 Å². The van der Waals surface area contributed by atoms with Crippen LogP contribution in [0.3, 0.4) is 0 Å². The highest BCUT2D eigenvalue weighted by molar-refractivity contribution is 7.99. The number of hydrogen-bond donors (Lipinski definition) is 0. The summed E-state index contributed by atoms with van der Waals surface area (Å²) >= 11 is 0.292. The van der Waals surface area contributed by atoms with E-state index in [1.807, 2.05) is 12.1 Å². The van der Waals surface area contributed by atoms with E-state index in [1.54, 1.807) is 19.9 Å². The van der Waals surface area contributed by atoms with E-state index in [0.717, 1.165) is 24.8 Å². The number of alkyl halides is 2. The fraction of sp³-hybridized carbons (Fsp3) is 0.429. The number of thioether (sulfide) groups is 1. The molecule has 0 aliphatic heterocycles. The van der Waals surface area contributed by atoms with Gasteiger partial charge in [0.2, 0.25) is 0 Å². The first kappa shape index (κ1) is 21.4. The molecule has 0 atom stereocenters. The minimum atomic E-state index is -2.59. The maximum Gasteiger partial charge on any atom is 0.306 e. The zero-order chi connectivity index (χ0) is 21.0. The molecule has 29 heavy (non-hydrogen) atoms. The van der Waals surface area contributed by atoms with E-state index < -0.39 is 11.7 Å². The molecular weight excluding hydrogens is 398 g/mol. The third-order valence-corrected chi connectivity index (χ3v) is 5.53. The van der Waals surface area contributed by atoms with Crippen LogP contribution in [0, 0.1) is 13.8 Å². The smallest absolute Gasteiger partial charge is 0.306 e. The van der Waals surface area contributed by atoms with Crippen LogP contribution in [-0.4, -0.2) is 34.1 Å². The van der Waals surface area contributed by atoms with Crippen molar-refractivity contribution < 1.29 is 23.1 Å². The summed E-state index contributed by atoms with van der Waals surface area (Å²) in [6.07, 6.45) is 3.51. The maximum atomic E-state index is 12.5. The maximum absolute atomic E-state index is 12.5. The van der Waals surface area contributed by atoms with E-state index in [0.29, 0.717) is 35.1 Å². The number of hydrogen-bond acceptors (Lipinski definition) is 6. The molecule has 1 aromatic carbocycles. The molecule has 3 rings (SSSR count). The lowest BCUT2D eigenvalue weighted by Crippen LogP contribution is -2.15. The van der Waals surface area contributed by atoms with Gasteiger partial charge in [-0.2, -0.15) is 8.78 Å². The molecule has 0 amide bonds. The summed E-state index contributed by atoms with van der Waals surface area (Å²) in [5.74, 6) is -3.31. The molecule has 1 aromatic heterocycles. The summed E-state index contributed by atoms with van der Waals surface area (Å²) in [5.41, 5.74) is 4.88. The Balaban J connectivity index is 1.52. The van der Waals surface area contributed by atoms with Crippen LogP contribution in [0.25, 0.3) is 0 Å². The Bertz CT molecular complexity index is 911. The first-order valence-electron chi connectivity index (χ1n) is 9.43. The minimum Gasteiger partial charge on any atom is -0.457 e. The fourth-order valence-corrected chi connectivity index (χ4v) is 4.02. The Hall–Kier alpha value is -2.35. The van der Waals surface area contributed by atoms with E-state index in [4.69, 9.17) is 4.74 Å². The first-order valence-corrected chi connectivity index (χ1v) is 10.3. The number of aryl methyl sites for hydroxylation is 4. The number of rotatable bonds is 8. The van der Waals surface area contributed by atoms with E-state index in [2.05, 4.69) is 9.97 Å². The zero-order valence-corrected chi connectivity index (χ0v) is 17.2. The molecule has 0 spiro atoms. The monoisotopic (exact) mass is 420 g/mol. The number of ether oxygens (including phenoxy) is 1. The number of Topliss-reactive ketones (excluding diaryl/α,β-unsaturated/α-hetero) is 1. The van der Waals surface area contributed by atoms with E-state index in [1.165, 1.54) is 11.1 Å². The van der Waals surface area contributed by atoms with Gasteiger partial charge in [0.05, 0.1) is 0 Å². The van der Waals surface area contributed by atoms with Gasteiger partial charge in [-0.3, -0.25) is 9.59 Å². The SMILES string of the molecule is Cc1nc(SC(F)F)nc(C)c1CCC(=O)OCC(=O)c1ccc2c(c1)CCC2. The van der Waals surface area contributed by atoms with Crippen molar-refractivity contribution in [2.75, 3.05) is 6.61 Å². The lowest BCUT2D eigenvalue weighted by atomic mass is 10.0. The third kappa shape index (κ3) is 5.59. The van der Waals surface area contributed by atoms with Crippen LogP contribution in [0.4, 0.5) is 8.78 Å². The van der Waals surface area contributed by atoms with Crippen LogP contribution in [0.5, 0.6) is 0 Å². The largest absolute Gasteiger partial charge is 0.457 e. The molecule has 2 aromatic rings. The summed E-state index contributed by atoms with van der Waals surface area (Å²) in [6.45, 7) is 3.10. The second-order valence-corrected chi connectivity index (χ2v) is 7.91. The highest BCUT2D eigenvalue weighted by atomic mass is 32.2. The second kappa shape index (κ2) is 9.43. The van der Waals surface area contributed by atoms with E-state index >= 15 is 0 Å². The van der Waals surface area contributed by atoms with Gasteiger partial charge < -0.3 is 4.74 Å². The first-order chi connectivity index (χ1) is 13.8. The van der Waals surface area contributed by atoms with Crippen molar-refractivity contribution in [2.24, 2.45) is 0 Å². The summed E-state index contributed by atoms with van der Waals surface area (Å²) in [5, 5.41) is 0.0151. The summed E-state index contributed by atoms with van der Waals surface area (Å²) in [4.78, 5) is 32.5. The van der Waals surface area contributed by atoms with Crippen LogP contribution in [0.15, 0.2) is 23.4 Å². The van der Waals surface area contributed by atoms with Gasteiger partial charge >= 0.3 is 5.97 Å². The molecule has 0 saturated heterocycles. The Morgan fingerprint density at radius 2 is 1.83 bits per heavy atom. The summed E-state index contributed by atoms with van der Waals surface area (Å²) < 4.78 is 30.1. The lowest BCUT2D eigenvalue weighted by molar-refractivity contribution is -0.142. The topological polar surface area (TPSA) is 69.2 Å². The van der Waals surface area contributed by atoms with Gasteiger partial charge in [0, 0.05) is 23.4 Å². The van der Waals surface area contributed by atoms with Crippen molar-refractivity contribution >= 4 is 23.5 Å². The van der Waals surface area contributed by atoms with E-state index in [9.17, 15) is 18.4 Å². The van der Waals surface area contributed by atoms with Crippen LogP contribution in [0.1, 0.15) is 51.3 Å². The molecule has 1 aliphatic carbocycles. The molecule has 0 N–H and O–H groups in total. The number of nitrogens with zero attached hydrogens (tertiary/aromatic N) is 2. The Morgan fingerprint density at radius 3 is 2.52 bits per heavy atom. The number of esters is 1. The van der Waals surface area contributed by atoms with Crippen molar-refractivity contribution in [1.29, 1.82) is 0 Å². The van der Waals surface area contributed by atoms with Gasteiger partial charge in [-0.25, -0.2) is 9.97 Å². The second-order valence-electron chi connectivity index (χ2n) is 6.95. The van der Waals surface area contributed by atoms with Gasteiger partial charge in [-0.15, -0.1) is 0 Å². The number of fused-ring (bicyclic) bond motifs is 1. The van der Waals surface area contributed by atoms with Gasteiger partial charge in [0.1, 0.15) is 0 Å². The number of ketones is 1. The third-order valence-electron chi connectivity index (χ3n) is 4.96. The Morgan fingerprint density at radius 1 is 1.14 bits per heavy atom. The number of halogens is 2. The quantitative estimate of drug-likeness (QED) is 0.275. The molecule has 0 unspecified atom stereocenters. The zero-order valence-electron chi connectivity index (χ0n) is 16.3. The van der Waals surface area contributed by atoms with Gasteiger partial charge in [0.25, 0.3) is 5.76 Å². The van der Waals surface area contributed by atoms with Gasteiger partial charge in [0.15, 0.2) is 17.5 Å². The standard InChI is InChI=1S/C21H22F2N2O3S/c1-12-17(13(2)25-21(24-12)29-20(22)23)8-9-19(27)28-11-18(26)16-7-6-14-4-3-5-15(14)10-16/h6-7,10,20H,3-5,8-9,11H2,1-2H3. The van der Waals surface area contributed by atoms with Crippen LogP contribution in [0.2, 0.25) is 0 Å².